The molecule has 0 unspecified atom stereocenters. The number of fused-ring (bicyclic) bond motifs is 1. The molecular formula is C29H42N2O2. The molecule has 2 aromatic rings. The van der Waals surface area contributed by atoms with E-state index in [-0.39, 0.29) is 5.91 Å². The van der Waals surface area contributed by atoms with E-state index in [4.69, 9.17) is 4.74 Å². The van der Waals surface area contributed by atoms with Gasteiger partial charge in [-0.05, 0) is 79.8 Å². The van der Waals surface area contributed by atoms with Crippen LogP contribution < -0.4 is 5.32 Å². The summed E-state index contributed by atoms with van der Waals surface area (Å²) in [6, 6.07) is 14.6. The van der Waals surface area contributed by atoms with Gasteiger partial charge in [0, 0.05) is 26.3 Å². The van der Waals surface area contributed by atoms with Crippen molar-refractivity contribution in [2.75, 3.05) is 39.4 Å². The molecule has 4 heteroatoms. The highest BCUT2D eigenvalue weighted by molar-refractivity contribution is 5.90. The topological polar surface area (TPSA) is 41.6 Å². The number of ether oxygens (including phenoxy) is 1. The lowest BCUT2D eigenvalue weighted by Crippen LogP contribution is -2.40. The predicted molar refractivity (Wildman–Crippen MR) is 136 cm³/mol. The summed E-state index contributed by atoms with van der Waals surface area (Å²) in [6.45, 7) is 5.77. The fourth-order valence-electron chi connectivity index (χ4n) is 5.47. The molecule has 2 aromatic carbocycles. The second-order valence-electron chi connectivity index (χ2n) is 10.1. The van der Waals surface area contributed by atoms with E-state index >= 15 is 0 Å². The van der Waals surface area contributed by atoms with Crippen molar-refractivity contribution < 1.29 is 9.53 Å². The highest BCUT2D eigenvalue weighted by atomic mass is 16.5. The maximum Gasteiger partial charge on any atom is 0.227 e. The first-order valence-corrected chi connectivity index (χ1v) is 13.3. The van der Waals surface area contributed by atoms with Crippen molar-refractivity contribution in [2.24, 2.45) is 11.8 Å². The molecular weight excluding hydrogens is 408 g/mol. The number of carbonyl (C=O) groups is 1. The van der Waals surface area contributed by atoms with Gasteiger partial charge in [0.05, 0.1) is 6.42 Å². The Morgan fingerprint density at radius 1 is 0.909 bits per heavy atom. The highest BCUT2D eigenvalue weighted by Crippen LogP contribution is 2.23. The Balaban J connectivity index is 1.06. The zero-order valence-corrected chi connectivity index (χ0v) is 20.3. The molecule has 1 aliphatic carbocycles. The normalized spacial score (nSPS) is 18.1. The SMILES string of the molecule is O=C(Cc1cccc2ccccc12)N1CCC(COCCCCNCC2CCCCC2)CC1. The molecule has 0 atom stereocenters. The number of unbranched alkanes of at least 4 members (excludes halogenated alkanes) is 1. The van der Waals surface area contributed by atoms with Gasteiger partial charge in [-0.3, -0.25) is 4.79 Å². The Bertz CT molecular complexity index is 848. The van der Waals surface area contributed by atoms with Crippen molar-refractivity contribution in [3.05, 3.63) is 48.0 Å². The summed E-state index contributed by atoms with van der Waals surface area (Å²) < 4.78 is 5.98. The lowest BCUT2D eigenvalue weighted by atomic mass is 9.89. The fraction of sp³-hybridized carbons (Fsp3) is 0.621. The molecule has 0 aromatic heterocycles. The Labute approximate surface area is 200 Å². The fourth-order valence-corrected chi connectivity index (χ4v) is 5.47. The number of rotatable bonds is 11. The number of hydrogen-bond donors (Lipinski definition) is 1. The van der Waals surface area contributed by atoms with Gasteiger partial charge in [-0.2, -0.15) is 0 Å². The number of likely N-dealkylation sites (tertiary alicyclic amines) is 1. The van der Waals surface area contributed by atoms with Gasteiger partial charge in [-0.1, -0.05) is 61.7 Å². The van der Waals surface area contributed by atoms with E-state index in [0.29, 0.717) is 12.3 Å². The van der Waals surface area contributed by atoms with Crippen LogP contribution in [-0.2, 0) is 16.0 Å². The van der Waals surface area contributed by atoms with Crippen LogP contribution in [0.1, 0.15) is 63.4 Å². The number of nitrogens with zero attached hydrogens (tertiary/aromatic N) is 1. The second-order valence-corrected chi connectivity index (χ2v) is 10.1. The molecule has 1 N–H and O–H groups in total. The van der Waals surface area contributed by atoms with Gasteiger partial charge in [-0.25, -0.2) is 0 Å². The van der Waals surface area contributed by atoms with E-state index in [9.17, 15) is 4.79 Å². The number of amides is 1. The molecule has 1 saturated heterocycles. The zero-order chi connectivity index (χ0) is 22.7. The molecule has 1 aliphatic heterocycles. The highest BCUT2D eigenvalue weighted by Gasteiger charge is 2.23. The van der Waals surface area contributed by atoms with Crippen LogP contribution >= 0.6 is 0 Å². The number of carbonyl (C=O) groups excluding carboxylic acids is 1. The summed E-state index contributed by atoms with van der Waals surface area (Å²) in [7, 11) is 0. The minimum Gasteiger partial charge on any atom is -0.381 e. The standard InChI is InChI=1S/C29H42N2O2/c32-29(21-27-13-8-12-26-11-4-5-14-28(26)27)31-18-15-25(16-19-31)23-33-20-7-6-17-30-22-24-9-2-1-3-10-24/h4-5,8,11-14,24-25,30H,1-3,6-7,9-10,15-23H2. The molecule has 2 aliphatic rings. The molecule has 0 spiro atoms. The van der Waals surface area contributed by atoms with Gasteiger partial charge in [0.15, 0.2) is 0 Å². The van der Waals surface area contributed by atoms with Crippen molar-refractivity contribution in [2.45, 2.75) is 64.2 Å². The molecule has 1 saturated carbocycles. The van der Waals surface area contributed by atoms with Gasteiger partial charge in [-0.15, -0.1) is 0 Å². The summed E-state index contributed by atoms with van der Waals surface area (Å²) in [5, 5.41) is 6.05. The van der Waals surface area contributed by atoms with Gasteiger partial charge < -0.3 is 15.0 Å². The first-order valence-electron chi connectivity index (χ1n) is 13.3. The summed E-state index contributed by atoms with van der Waals surface area (Å²) in [5.41, 5.74) is 1.14. The zero-order valence-electron chi connectivity index (χ0n) is 20.3. The summed E-state index contributed by atoms with van der Waals surface area (Å²) >= 11 is 0. The van der Waals surface area contributed by atoms with Crippen LogP contribution in [-0.4, -0.2) is 50.2 Å². The lowest BCUT2D eigenvalue weighted by molar-refractivity contribution is -0.132. The minimum absolute atomic E-state index is 0.256. The van der Waals surface area contributed by atoms with E-state index in [1.165, 1.54) is 55.8 Å². The third-order valence-corrected chi connectivity index (χ3v) is 7.59. The number of piperidine rings is 1. The van der Waals surface area contributed by atoms with Crippen molar-refractivity contribution in [1.29, 1.82) is 0 Å². The van der Waals surface area contributed by atoms with Crippen molar-refractivity contribution in [3.8, 4) is 0 Å². The molecule has 180 valence electrons. The summed E-state index contributed by atoms with van der Waals surface area (Å²) in [6.07, 6.45) is 12.1. The van der Waals surface area contributed by atoms with Crippen LogP contribution in [0.5, 0.6) is 0 Å². The molecule has 0 bridgehead atoms. The first-order chi connectivity index (χ1) is 16.3. The molecule has 4 rings (SSSR count). The van der Waals surface area contributed by atoms with Crippen molar-refractivity contribution >= 4 is 16.7 Å². The number of hydrogen-bond acceptors (Lipinski definition) is 3. The van der Waals surface area contributed by atoms with Crippen molar-refractivity contribution in [1.82, 2.24) is 10.2 Å². The molecule has 1 amide bonds. The van der Waals surface area contributed by atoms with Crippen LogP contribution in [0, 0.1) is 11.8 Å². The average Bonchev–Trinajstić information content (AvgIpc) is 2.87. The van der Waals surface area contributed by atoms with Gasteiger partial charge >= 0.3 is 0 Å². The Morgan fingerprint density at radius 3 is 2.55 bits per heavy atom. The molecule has 33 heavy (non-hydrogen) atoms. The third-order valence-electron chi connectivity index (χ3n) is 7.59. The van der Waals surface area contributed by atoms with E-state index in [2.05, 4.69) is 52.7 Å². The molecule has 2 fully saturated rings. The first kappa shape index (κ1) is 24.2. The van der Waals surface area contributed by atoms with E-state index in [0.717, 1.165) is 63.6 Å². The van der Waals surface area contributed by atoms with Crippen LogP contribution in [0.15, 0.2) is 42.5 Å². The van der Waals surface area contributed by atoms with Gasteiger partial charge in [0.1, 0.15) is 0 Å². The monoisotopic (exact) mass is 450 g/mol. The van der Waals surface area contributed by atoms with E-state index < -0.39 is 0 Å². The summed E-state index contributed by atoms with van der Waals surface area (Å²) in [4.78, 5) is 14.9. The number of benzene rings is 2. The van der Waals surface area contributed by atoms with Crippen LogP contribution in [0.3, 0.4) is 0 Å². The van der Waals surface area contributed by atoms with Gasteiger partial charge in [0.25, 0.3) is 0 Å². The largest absolute Gasteiger partial charge is 0.381 e. The number of nitrogens with one attached hydrogen (secondary N) is 1. The van der Waals surface area contributed by atoms with Crippen LogP contribution in [0.25, 0.3) is 10.8 Å². The molecule has 4 nitrogen and oxygen atoms in total. The van der Waals surface area contributed by atoms with Gasteiger partial charge in [0.2, 0.25) is 5.91 Å². The molecule has 1 heterocycles. The second kappa shape index (κ2) is 13.1. The summed E-state index contributed by atoms with van der Waals surface area (Å²) in [5.74, 6) is 1.77. The van der Waals surface area contributed by atoms with E-state index in [1.807, 2.05) is 0 Å². The lowest BCUT2D eigenvalue weighted by Gasteiger charge is -2.32. The Morgan fingerprint density at radius 2 is 1.70 bits per heavy atom. The maximum atomic E-state index is 12.9. The minimum atomic E-state index is 0.256. The van der Waals surface area contributed by atoms with E-state index in [1.54, 1.807) is 0 Å². The van der Waals surface area contributed by atoms with Crippen LogP contribution in [0.2, 0.25) is 0 Å². The predicted octanol–water partition coefficient (Wildman–Crippen LogP) is 5.59. The smallest absolute Gasteiger partial charge is 0.227 e. The van der Waals surface area contributed by atoms with Crippen molar-refractivity contribution in [3.63, 3.8) is 0 Å². The average molecular weight is 451 g/mol. The third kappa shape index (κ3) is 7.55. The van der Waals surface area contributed by atoms with Crippen LogP contribution in [0.4, 0.5) is 0 Å². The quantitative estimate of drug-likeness (QED) is 0.454. The Kier molecular flexibility index (Phi) is 9.61. The Hall–Kier alpha value is -1.91. The molecule has 0 radical (unpaired) electrons. The maximum absolute atomic E-state index is 12.9.